The predicted octanol–water partition coefficient (Wildman–Crippen LogP) is 4.53. The summed E-state index contributed by atoms with van der Waals surface area (Å²) in [5.74, 6) is 0.405. The highest BCUT2D eigenvalue weighted by Gasteiger charge is 2.35. The number of carbonyl (C=O) groups excluding carboxylic acids is 1. The Kier molecular flexibility index (Phi) is 4.90. The zero-order valence-corrected chi connectivity index (χ0v) is 16.0. The molecule has 1 aliphatic heterocycles. The van der Waals surface area contributed by atoms with Crippen LogP contribution in [0.2, 0.25) is 0 Å². The molecule has 1 aliphatic rings. The Morgan fingerprint density at radius 1 is 1.36 bits per heavy atom. The monoisotopic (exact) mass is 404 g/mol. The number of carbonyl (C=O) groups is 1. The number of benzene rings is 2. The van der Waals surface area contributed by atoms with Gasteiger partial charge in [0.25, 0.3) is 5.91 Å². The van der Waals surface area contributed by atoms with Crippen molar-refractivity contribution >= 4 is 27.5 Å². The molecule has 0 bridgehead atoms. The summed E-state index contributed by atoms with van der Waals surface area (Å²) in [5, 5.41) is 13.5. The Morgan fingerprint density at radius 2 is 2.08 bits per heavy atom. The van der Waals surface area contributed by atoms with Gasteiger partial charge in [0.2, 0.25) is 0 Å². The summed E-state index contributed by atoms with van der Waals surface area (Å²) in [7, 11) is 1.51. The second-order valence-corrected chi connectivity index (χ2v) is 6.97. The van der Waals surface area contributed by atoms with Gasteiger partial charge in [0.15, 0.2) is 11.5 Å². The van der Waals surface area contributed by atoms with Crippen LogP contribution in [0.15, 0.2) is 40.9 Å². The molecule has 2 atom stereocenters. The number of anilines is 1. The van der Waals surface area contributed by atoms with Crippen LogP contribution in [0.1, 0.15) is 42.4 Å². The molecule has 0 unspecified atom stereocenters. The predicted molar refractivity (Wildman–Crippen MR) is 101 cm³/mol. The quantitative estimate of drug-likeness (QED) is 0.785. The van der Waals surface area contributed by atoms with Crippen molar-refractivity contribution in [3.63, 3.8) is 0 Å². The molecule has 25 heavy (non-hydrogen) atoms. The first-order chi connectivity index (χ1) is 12.0. The summed E-state index contributed by atoms with van der Waals surface area (Å²) in [6, 6.07) is 11.1. The van der Waals surface area contributed by atoms with E-state index in [-0.39, 0.29) is 23.9 Å². The number of hydrogen-bond acceptors (Lipinski definition) is 4. The van der Waals surface area contributed by atoms with Crippen molar-refractivity contribution in [2.24, 2.45) is 0 Å². The summed E-state index contributed by atoms with van der Waals surface area (Å²) in [6.07, 6.45) is 0.491. The molecular weight excluding hydrogens is 384 g/mol. The minimum Gasteiger partial charge on any atom is -0.503 e. The van der Waals surface area contributed by atoms with Gasteiger partial charge >= 0.3 is 0 Å². The second-order valence-electron chi connectivity index (χ2n) is 6.12. The number of phenolic OH excluding ortho intramolecular Hbond substituents is 1. The van der Waals surface area contributed by atoms with Crippen LogP contribution >= 0.6 is 15.9 Å². The smallest absolute Gasteiger partial charge is 0.258 e. The normalized spacial score (nSPS) is 17.7. The molecule has 0 aliphatic carbocycles. The maximum atomic E-state index is 13.1. The van der Waals surface area contributed by atoms with Crippen molar-refractivity contribution < 1.29 is 14.6 Å². The van der Waals surface area contributed by atoms with E-state index in [1.807, 2.05) is 42.2 Å². The van der Waals surface area contributed by atoms with Gasteiger partial charge in [0, 0.05) is 11.7 Å². The number of nitrogens with zero attached hydrogens (tertiary/aromatic N) is 1. The fourth-order valence-electron chi connectivity index (χ4n) is 3.07. The Hall–Kier alpha value is -2.21. The van der Waals surface area contributed by atoms with E-state index in [9.17, 15) is 9.90 Å². The number of aromatic hydroxyl groups is 1. The van der Waals surface area contributed by atoms with E-state index in [4.69, 9.17) is 4.74 Å². The van der Waals surface area contributed by atoms with Crippen LogP contribution in [0, 0.1) is 0 Å². The number of methoxy groups -OCH3 is 1. The lowest BCUT2D eigenvalue weighted by Crippen LogP contribution is -2.47. The van der Waals surface area contributed by atoms with Crippen molar-refractivity contribution in [2.45, 2.75) is 32.5 Å². The molecule has 2 aromatic carbocycles. The number of para-hydroxylation sites is 1. The van der Waals surface area contributed by atoms with Crippen molar-refractivity contribution in [3.05, 3.63) is 52.0 Å². The van der Waals surface area contributed by atoms with E-state index in [0.29, 0.717) is 15.8 Å². The fourth-order valence-corrected chi connectivity index (χ4v) is 3.53. The average Bonchev–Trinajstić information content (AvgIpc) is 2.63. The molecule has 0 saturated carbocycles. The van der Waals surface area contributed by atoms with Crippen LogP contribution in [0.5, 0.6) is 11.5 Å². The van der Waals surface area contributed by atoms with Crippen LogP contribution in [0.25, 0.3) is 0 Å². The molecule has 6 heteroatoms. The molecule has 132 valence electrons. The number of nitrogens with one attached hydrogen (secondary N) is 1. The Labute approximate surface area is 155 Å². The summed E-state index contributed by atoms with van der Waals surface area (Å²) in [6.45, 7) is 4.09. The molecule has 1 amide bonds. The molecule has 1 heterocycles. The van der Waals surface area contributed by atoms with Crippen molar-refractivity contribution in [2.75, 3.05) is 12.4 Å². The van der Waals surface area contributed by atoms with Crippen LogP contribution in [0.4, 0.5) is 5.69 Å². The van der Waals surface area contributed by atoms with Crippen molar-refractivity contribution in [3.8, 4) is 11.5 Å². The number of halogens is 1. The van der Waals surface area contributed by atoms with Crippen LogP contribution in [-0.2, 0) is 0 Å². The zero-order chi connectivity index (χ0) is 18.1. The number of hydrogen-bond donors (Lipinski definition) is 2. The third-order valence-electron chi connectivity index (χ3n) is 4.61. The first-order valence-corrected chi connectivity index (χ1v) is 9.01. The maximum Gasteiger partial charge on any atom is 0.258 e. The fraction of sp³-hybridized carbons (Fsp3) is 0.316. The van der Waals surface area contributed by atoms with E-state index in [1.54, 1.807) is 6.07 Å². The SMILES string of the molecule is CC[C@H](C)N1C(=O)c2ccccc2N[C@H]1c1cc(Br)c(O)c(OC)c1. The van der Waals surface area contributed by atoms with Gasteiger partial charge in [-0.15, -0.1) is 0 Å². The Balaban J connectivity index is 2.13. The minimum atomic E-state index is -0.344. The summed E-state index contributed by atoms with van der Waals surface area (Å²) < 4.78 is 5.79. The Bertz CT molecular complexity index is 809. The highest BCUT2D eigenvalue weighted by atomic mass is 79.9. The van der Waals surface area contributed by atoms with E-state index < -0.39 is 0 Å². The first kappa shape index (κ1) is 17.6. The van der Waals surface area contributed by atoms with Crippen molar-refractivity contribution in [1.82, 2.24) is 4.90 Å². The van der Waals surface area contributed by atoms with Crippen LogP contribution in [-0.4, -0.2) is 29.1 Å². The Morgan fingerprint density at radius 3 is 2.76 bits per heavy atom. The van der Waals surface area contributed by atoms with Gasteiger partial charge in [-0.25, -0.2) is 0 Å². The molecule has 5 nitrogen and oxygen atoms in total. The van der Waals surface area contributed by atoms with Crippen LogP contribution < -0.4 is 10.1 Å². The number of phenols is 1. The van der Waals surface area contributed by atoms with Gasteiger partial charge in [-0.2, -0.15) is 0 Å². The summed E-state index contributed by atoms with van der Waals surface area (Å²) in [4.78, 5) is 14.9. The van der Waals surface area contributed by atoms with Gasteiger partial charge in [-0.05, 0) is 59.1 Å². The largest absolute Gasteiger partial charge is 0.503 e. The molecule has 0 aromatic heterocycles. The van der Waals surface area contributed by atoms with Gasteiger partial charge < -0.3 is 20.1 Å². The third-order valence-corrected chi connectivity index (χ3v) is 5.22. The standard InChI is InChI=1S/C19H21BrN2O3/c1-4-11(2)22-18(12-9-14(20)17(23)16(10-12)25-3)21-15-8-6-5-7-13(15)19(22)24/h5-11,18,21,23H,4H2,1-3H3/t11-,18+/m0/s1. The molecule has 0 fully saturated rings. The zero-order valence-electron chi connectivity index (χ0n) is 14.4. The lowest BCUT2D eigenvalue weighted by Gasteiger charge is -2.41. The van der Waals surface area contributed by atoms with E-state index in [0.717, 1.165) is 17.7 Å². The summed E-state index contributed by atoms with van der Waals surface area (Å²) >= 11 is 3.36. The number of ether oxygens (including phenoxy) is 1. The number of amides is 1. The second kappa shape index (κ2) is 6.96. The van der Waals surface area contributed by atoms with E-state index in [1.165, 1.54) is 7.11 Å². The van der Waals surface area contributed by atoms with Crippen molar-refractivity contribution in [1.29, 1.82) is 0 Å². The maximum absolute atomic E-state index is 13.1. The number of fused-ring (bicyclic) bond motifs is 1. The molecule has 0 spiro atoms. The first-order valence-electron chi connectivity index (χ1n) is 8.22. The third kappa shape index (κ3) is 3.06. The highest BCUT2D eigenvalue weighted by Crippen LogP contribution is 2.41. The van der Waals surface area contributed by atoms with Gasteiger partial charge in [-0.3, -0.25) is 4.79 Å². The minimum absolute atomic E-state index is 0.00290. The van der Waals surface area contributed by atoms with Gasteiger partial charge in [-0.1, -0.05) is 19.1 Å². The highest BCUT2D eigenvalue weighted by molar-refractivity contribution is 9.10. The van der Waals surface area contributed by atoms with E-state index >= 15 is 0 Å². The molecule has 0 saturated heterocycles. The molecular formula is C19H21BrN2O3. The average molecular weight is 405 g/mol. The van der Waals surface area contributed by atoms with Crippen LogP contribution in [0.3, 0.4) is 0 Å². The lowest BCUT2D eigenvalue weighted by atomic mass is 10.0. The summed E-state index contributed by atoms with van der Waals surface area (Å²) in [5.41, 5.74) is 2.31. The molecule has 2 N–H and O–H groups in total. The van der Waals surface area contributed by atoms with Gasteiger partial charge in [0.05, 0.1) is 17.1 Å². The lowest BCUT2D eigenvalue weighted by molar-refractivity contribution is 0.0593. The molecule has 3 rings (SSSR count). The molecule has 2 aromatic rings. The van der Waals surface area contributed by atoms with Gasteiger partial charge in [0.1, 0.15) is 6.17 Å². The topological polar surface area (TPSA) is 61.8 Å². The molecule has 0 radical (unpaired) electrons. The van der Waals surface area contributed by atoms with E-state index in [2.05, 4.69) is 28.2 Å². The number of rotatable bonds is 4.